The number of hydrogen-bond acceptors (Lipinski definition) is 2. The first kappa shape index (κ1) is 18.5. The molecule has 0 heterocycles. The van der Waals surface area contributed by atoms with E-state index in [1.54, 1.807) is 0 Å². The number of benzene rings is 2. The largest absolute Gasteiger partial charge is 0.441 e. The second-order valence-electron chi connectivity index (χ2n) is 7.05. The maximum absolute atomic E-state index is 12.3. The van der Waals surface area contributed by atoms with Crippen LogP contribution < -0.4 is 5.32 Å². The highest BCUT2D eigenvalue weighted by atomic mass is 16.6. The van der Waals surface area contributed by atoms with Crippen LogP contribution in [0.3, 0.4) is 0 Å². The summed E-state index contributed by atoms with van der Waals surface area (Å²) in [6.45, 7) is 2.87. The van der Waals surface area contributed by atoms with E-state index in [1.165, 1.54) is 29.5 Å². The predicted octanol–water partition coefficient (Wildman–Crippen LogP) is 5.38. The summed E-state index contributed by atoms with van der Waals surface area (Å²) in [5.41, 5.74) is 5.06. The minimum atomic E-state index is -0.306. The minimum absolute atomic E-state index is 0.233. The molecule has 1 aliphatic carbocycles. The highest BCUT2D eigenvalue weighted by molar-refractivity contribution is 5.67. The van der Waals surface area contributed by atoms with Crippen molar-refractivity contribution < 1.29 is 9.53 Å². The van der Waals surface area contributed by atoms with Crippen molar-refractivity contribution in [3.05, 3.63) is 70.8 Å². The van der Waals surface area contributed by atoms with Crippen LogP contribution in [-0.4, -0.2) is 12.6 Å². The molecule has 0 aromatic heterocycles. The van der Waals surface area contributed by atoms with Crippen LogP contribution in [0.25, 0.3) is 0 Å². The van der Waals surface area contributed by atoms with Crippen molar-refractivity contribution >= 4 is 6.09 Å². The van der Waals surface area contributed by atoms with Crippen molar-refractivity contribution in [3.63, 3.8) is 0 Å². The summed E-state index contributed by atoms with van der Waals surface area (Å²) in [5.74, 6) is 0. The zero-order valence-electron chi connectivity index (χ0n) is 15.7. The van der Waals surface area contributed by atoms with E-state index in [4.69, 9.17) is 4.74 Å². The number of hydrogen-bond donors (Lipinski definition) is 1. The zero-order valence-corrected chi connectivity index (χ0v) is 15.7. The highest BCUT2D eigenvalue weighted by Crippen LogP contribution is 2.30. The number of carbonyl (C=O) groups excluding carboxylic acids is 1. The Kier molecular flexibility index (Phi) is 6.70. The molecule has 0 saturated heterocycles. The standard InChI is InChI=1S/C23H29NO2/c1-2-3-4-9-16-24-23(25)26-22-17-20-12-6-5-10-18(20)14-15-19-11-7-8-13-21(19)22/h5-8,10-13,22H,2-4,9,14-17H2,1H3,(H,24,25). The Morgan fingerprint density at radius 1 is 0.962 bits per heavy atom. The topological polar surface area (TPSA) is 38.3 Å². The van der Waals surface area contributed by atoms with Gasteiger partial charge in [0.25, 0.3) is 0 Å². The van der Waals surface area contributed by atoms with Gasteiger partial charge in [-0.2, -0.15) is 0 Å². The van der Waals surface area contributed by atoms with Gasteiger partial charge in [-0.25, -0.2) is 4.79 Å². The monoisotopic (exact) mass is 351 g/mol. The van der Waals surface area contributed by atoms with Crippen LogP contribution in [-0.2, 0) is 24.0 Å². The lowest BCUT2D eigenvalue weighted by Gasteiger charge is -2.25. The van der Waals surface area contributed by atoms with Gasteiger partial charge in [0.2, 0.25) is 0 Å². The van der Waals surface area contributed by atoms with Gasteiger partial charge in [-0.3, -0.25) is 0 Å². The maximum atomic E-state index is 12.3. The van der Waals surface area contributed by atoms with Gasteiger partial charge in [-0.1, -0.05) is 74.7 Å². The Labute approximate surface area is 156 Å². The van der Waals surface area contributed by atoms with E-state index in [0.717, 1.165) is 37.7 Å². The van der Waals surface area contributed by atoms with E-state index >= 15 is 0 Å². The fourth-order valence-electron chi connectivity index (χ4n) is 3.67. The van der Waals surface area contributed by atoms with E-state index in [2.05, 4.69) is 54.7 Å². The van der Waals surface area contributed by atoms with E-state index in [-0.39, 0.29) is 12.2 Å². The molecule has 1 unspecified atom stereocenters. The average Bonchev–Trinajstić information content (AvgIpc) is 2.65. The molecule has 1 amide bonds. The Morgan fingerprint density at radius 3 is 2.46 bits per heavy atom. The average molecular weight is 351 g/mol. The molecule has 0 bridgehead atoms. The number of rotatable bonds is 6. The molecule has 0 spiro atoms. The smallest absolute Gasteiger partial charge is 0.407 e. The SMILES string of the molecule is CCCCCCNC(=O)OC1Cc2ccccc2CCc2ccccc21. The molecule has 0 radical (unpaired) electrons. The first-order valence-corrected chi connectivity index (χ1v) is 9.87. The quantitative estimate of drug-likeness (QED) is 0.710. The summed E-state index contributed by atoms with van der Waals surface area (Å²) >= 11 is 0. The molecule has 0 saturated carbocycles. The molecule has 2 aromatic carbocycles. The third kappa shape index (κ3) is 4.87. The second-order valence-corrected chi connectivity index (χ2v) is 7.05. The molecule has 26 heavy (non-hydrogen) atoms. The predicted molar refractivity (Wildman–Crippen MR) is 105 cm³/mol. The molecule has 2 aromatic rings. The van der Waals surface area contributed by atoms with Crippen molar-refractivity contribution in [2.24, 2.45) is 0 Å². The molecule has 3 nitrogen and oxygen atoms in total. The Balaban J connectivity index is 1.70. The molecule has 3 heteroatoms. The Hall–Kier alpha value is -2.29. The summed E-state index contributed by atoms with van der Waals surface area (Å²) < 4.78 is 5.87. The van der Waals surface area contributed by atoms with Gasteiger partial charge < -0.3 is 10.1 Å². The Bertz CT molecular complexity index is 726. The number of nitrogens with one attached hydrogen (secondary N) is 1. The lowest BCUT2D eigenvalue weighted by Crippen LogP contribution is -2.28. The van der Waals surface area contributed by atoms with Crippen molar-refractivity contribution in [1.82, 2.24) is 5.32 Å². The van der Waals surface area contributed by atoms with Gasteiger partial charge in [0.1, 0.15) is 6.10 Å². The van der Waals surface area contributed by atoms with Crippen LogP contribution in [0.5, 0.6) is 0 Å². The Morgan fingerprint density at radius 2 is 1.65 bits per heavy atom. The van der Waals surface area contributed by atoms with Gasteiger partial charge in [0.15, 0.2) is 0 Å². The van der Waals surface area contributed by atoms with Gasteiger partial charge >= 0.3 is 6.09 Å². The molecule has 138 valence electrons. The van der Waals surface area contributed by atoms with Gasteiger partial charge in [-0.05, 0) is 41.5 Å². The van der Waals surface area contributed by atoms with E-state index in [9.17, 15) is 4.79 Å². The number of carbonyl (C=O) groups is 1. The molecule has 0 aliphatic heterocycles. The lowest BCUT2D eigenvalue weighted by molar-refractivity contribution is 0.0965. The molecular weight excluding hydrogens is 322 g/mol. The van der Waals surface area contributed by atoms with Crippen LogP contribution in [0.15, 0.2) is 48.5 Å². The number of fused-ring (bicyclic) bond motifs is 2. The van der Waals surface area contributed by atoms with Crippen LogP contribution >= 0.6 is 0 Å². The summed E-state index contributed by atoms with van der Waals surface area (Å²) in [7, 11) is 0. The van der Waals surface area contributed by atoms with E-state index in [0.29, 0.717) is 6.54 Å². The summed E-state index contributed by atoms with van der Waals surface area (Å²) in [4.78, 5) is 12.3. The maximum Gasteiger partial charge on any atom is 0.407 e. The van der Waals surface area contributed by atoms with Crippen molar-refractivity contribution in [1.29, 1.82) is 0 Å². The van der Waals surface area contributed by atoms with Crippen LogP contribution in [0.2, 0.25) is 0 Å². The van der Waals surface area contributed by atoms with Crippen molar-refractivity contribution in [2.45, 2.75) is 58.0 Å². The third-order valence-corrected chi connectivity index (χ3v) is 5.14. The van der Waals surface area contributed by atoms with Crippen molar-refractivity contribution in [3.8, 4) is 0 Å². The molecule has 1 aliphatic rings. The van der Waals surface area contributed by atoms with E-state index in [1.807, 2.05) is 6.07 Å². The van der Waals surface area contributed by atoms with Gasteiger partial charge in [-0.15, -0.1) is 0 Å². The van der Waals surface area contributed by atoms with Gasteiger partial charge in [0.05, 0.1) is 0 Å². The molecule has 0 fully saturated rings. The summed E-state index contributed by atoms with van der Waals surface area (Å²) in [6, 6.07) is 16.9. The lowest BCUT2D eigenvalue weighted by atomic mass is 9.87. The molecule has 1 atom stereocenters. The molecule has 1 N–H and O–H groups in total. The highest BCUT2D eigenvalue weighted by Gasteiger charge is 2.23. The number of aryl methyl sites for hydroxylation is 2. The first-order chi connectivity index (χ1) is 12.8. The minimum Gasteiger partial charge on any atom is -0.441 e. The number of unbranched alkanes of at least 4 members (excludes halogenated alkanes) is 3. The third-order valence-electron chi connectivity index (χ3n) is 5.14. The fraction of sp³-hybridized carbons (Fsp3) is 0.435. The number of ether oxygens (including phenoxy) is 1. The number of alkyl carbamates (subject to hydrolysis) is 1. The fourth-order valence-corrected chi connectivity index (χ4v) is 3.67. The van der Waals surface area contributed by atoms with Crippen LogP contribution in [0, 0.1) is 0 Å². The zero-order chi connectivity index (χ0) is 18.2. The molecule has 3 rings (SSSR count). The molecular formula is C23H29NO2. The first-order valence-electron chi connectivity index (χ1n) is 9.87. The summed E-state index contributed by atoms with van der Waals surface area (Å²) in [5, 5.41) is 2.92. The van der Waals surface area contributed by atoms with Crippen LogP contribution in [0.4, 0.5) is 4.79 Å². The van der Waals surface area contributed by atoms with Gasteiger partial charge in [0, 0.05) is 13.0 Å². The van der Waals surface area contributed by atoms with Crippen LogP contribution in [0.1, 0.15) is 61.0 Å². The van der Waals surface area contributed by atoms with Crippen molar-refractivity contribution in [2.75, 3.05) is 6.54 Å². The second kappa shape index (κ2) is 9.42. The number of amides is 1. The normalized spacial score (nSPS) is 16.0. The summed E-state index contributed by atoms with van der Waals surface area (Å²) in [6.07, 6.45) is 6.77. The van der Waals surface area contributed by atoms with E-state index < -0.39 is 0 Å².